The highest BCUT2D eigenvalue weighted by Gasteiger charge is 2.35. The van der Waals surface area contributed by atoms with Crippen molar-refractivity contribution in [2.24, 2.45) is 0 Å². The molecule has 6 heteroatoms. The molecule has 124 valence electrons. The van der Waals surface area contributed by atoms with Crippen molar-refractivity contribution in [3.63, 3.8) is 0 Å². The molecule has 6 nitrogen and oxygen atoms in total. The van der Waals surface area contributed by atoms with Gasteiger partial charge in [-0.25, -0.2) is 0 Å². The summed E-state index contributed by atoms with van der Waals surface area (Å²) in [7, 11) is 0. The van der Waals surface area contributed by atoms with E-state index in [1.807, 2.05) is 46.1 Å². The number of likely N-dealkylation sites (tertiary alicyclic amines) is 1. The predicted octanol–water partition coefficient (Wildman–Crippen LogP) is 2.17. The number of nitrogens with one attached hydrogen (secondary N) is 1. The first kappa shape index (κ1) is 14.9. The van der Waals surface area contributed by atoms with Crippen LogP contribution in [0.5, 0.6) is 0 Å². The molecule has 2 aromatic rings. The monoisotopic (exact) mass is 324 g/mol. The van der Waals surface area contributed by atoms with Crippen molar-refractivity contribution in [1.29, 1.82) is 0 Å². The Morgan fingerprint density at radius 1 is 1.25 bits per heavy atom. The molecular weight excluding hydrogens is 304 g/mol. The third-order valence-electron chi connectivity index (χ3n) is 4.91. The first-order valence-corrected chi connectivity index (χ1v) is 8.39. The summed E-state index contributed by atoms with van der Waals surface area (Å²) in [5.41, 5.74) is 1.68. The van der Waals surface area contributed by atoms with Crippen molar-refractivity contribution < 1.29 is 9.59 Å². The minimum absolute atomic E-state index is 0.0501. The molecule has 1 aromatic carbocycles. The van der Waals surface area contributed by atoms with E-state index in [1.165, 1.54) is 0 Å². The highest BCUT2D eigenvalue weighted by molar-refractivity contribution is 6.01. The minimum Gasteiger partial charge on any atom is -0.340 e. The van der Waals surface area contributed by atoms with Crippen molar-refractivity contribution in [3.8, 4) is 0 Å². The molecular formula is C18H20N4O2. The van der Waals surface area contributed by atoms with Gasteiger partial charge >= 0.3 is 0 Å². The van der Waals surface area contributed by atoms with E-state index in [9.17, 15) is 9.59 Å². The SMILES string of the molecule is O=C1C[C@@H](C(=O)N2CCC[C@H](n3cccn3)C2)c2ccccc2N1. The van der Waals surface area contributed by atoms with Crippen molar-refractivity contribution in [1.82, 2.24) is 14.7 Å². The van der Waals surface area contributed by atoms with Gasteiger partial charge in [-0.1, -0.05) is 18.2 Å². The first-order chi connectivity index (χ1) is 11.7. The highest BCUT2D eigenvalue weighted by Crippen LogP contribution is 2.34. The van der Waals surface area contributed by atoms with Crippen molar-refractivity contribution in [2.45, 2.75) is 31.2 Å². The Bertz CT molecular complexity index is 756. The molecule has 0 radical (unpaired) electrons. The number of nitrogens with zero attached hydrogens (tertiary/aromatic N) is 3. The van der Waals surface area contributed by atoms with Crippen LogP contribution in [0.15, 0.2) is 42.7 Å². The number of rotatable bonds is 2. The molecule has 1 saturated heterocycles. The summed E-state index contributed by atoms with van der Waals surface area (Å²) in [6, 6.07) is 9.70. The van der Waals surface area contributed by atoms with Gasteiger partial charge in [0.25, 0.3) is 0 Å². The van der Waals surface area contributed by atoms with Crippen LogP contribution in [0.25, 0.3) is 0 Å². The van der Waals surface area contributed by atoms with Crippen molar-refractivity contribution in [2.75, 3.05) is 18.4 Å². The number of para-hydroxylation sites is 1. The fourth-order valence-corrected chi connectivity index (χ4v) is 3.72. The maximum Gasteiger partial charge on any atom is 0.230 e. The number of hydrogen-bond donors (Lipinski definition) is 1. The van der Waals surface area contributed by atoms with Crippen LogP contribution in [-0.2, 0) is 9.59 Å². The third-order valence-corrected chi connectivity index (χ3v) is 4.91. The fourth-order valence-electron chi connectivity index (χ4n) is 3.72. The number of carbonyl (C=O) groups excluding carboxylic acids is 2. The Morgan fingerprint density at radius 3 is 2.96 bits per heavy atom. The predicted molar refractivity (Wildman–Crippen MR) is 89.5 cm³/mol. The van der Waals surface area contributed by atoms with Crippen molar-refractivity contribution >= 4 is 17.5 Å². The zero-order valence-electron chi connectivity index (χ0n) is 13.4. The number of amides is 2. The van der Waals surface area contributed by atoms with Gasteiger partial charge in [0.2, 0.25) is 11.8 Å². The van der Waals surface area contributed by atoms with Crippen LogP contribution in [0.2, 0.25) is 0 Å². The quantitative estimate of drug-likeness (QED) is 0.920. The number of piperidine rings is 1. The number of aromatic nitrogens is 2. The molecule has 0 bridgehead atoms. The smallest absolute Gasteiger partial charge is 0.230 e. The molecule has 0 unspecified atom stereocenters. The summed E-state index contributed by atoms with van der Waals surface area (Å²) >= 11 is 0. The van der Waals surface area contributed by atoms with E-state index >= 15 is 0 Å². The second-order valence-corrected chi connectivity index (χ2v) is 6.46. The van der Waals surface area contributed by atoms with Crippen LogP contribution in [0.3, 0.4) is 0 Å². The van der Waals surface area contributed by atoms with Crippen molar-refractivity contribution in [3.05, 3.63) is 48.3 Å². The molecule has 0 aliphatic carbocycles. The van der Waals surface area contributed by atoms with E-state index in [4.69, 9.17) is 0 Å². The summed E-state index contributed by atoms with van der Waals surface area (Å²) < 4.78 is 1.93. The summed E-state index contributed by atoms with van der Waals surface area (Å²) in [6.07, 6.45) is 5.91. The summed E-state index contributed by atoms with van der Waals surface area (Å²) in [5, 5.41) is 7.16. The Kier molecular flexibility index (Phi) is 3.80. The van der Waals surface area contributed by atoms with E-state index in [-0.39, 0.29) is 30.2 Å². The second-order valence-electron chi connectivity index (χ2n) is 6.46. The molecule has 2 atom stereocenters. The Labute approximate surface area is 140 Å². The van der Waals surface area contributed by atoms with E-state index in [0.717, 1.165) is 30.6 Å². The Hall–Kier alpha value is -2.63. The lowest BCUT2D eigenvalue weighted by Gasteiger charge is -2.36. The normalized spacial score (nSPS) is 23.5. The lowest BCUT2D eigenvalue weighted by Crippen LogP contribution is -2.44. The number of benzene rings is 1. The van der Waals surface area contributed by atoms with Gasteiger partial charge in [-0.15, -0.1) is 0 Å². The van der Waals surface area contributed by atoms with Crippen LogP contribution in [0.1, 0.15) is 36.8 Å². The average Bonchev–Trinajstić information content (AvgIpc) is 3.15. The van der Waals surface area contributed by atoms with Gasteiger partial charge < -0.3 is 10.2 Å². The maximum absolute atomic E-state index is 13.1. The Balaban J connectivity index is 1.56. The molecule has 2 aliphatic rings. The van der Waals surface area contributed by atoms with Gasteiger partial charge in [-0.3, -0.25) is 14.3 Å². The lowest BCUT2D eigenvalue weighted by molar-refractivity contribution is -0.136. The second kappa shape index (κ2) is 6.11. The standard InChI is InChI=1S/C18H20N4O2/c23-17-11-15(14-6-1-2-7-16(14)20-17)18(24)21-9-3-5-13(12-21)22-10-4-8-19-22/h1-2,4,6-8,10,13,15H,3,5,9,11-12H2,(H,20,23)/t13-,15+/m0/s1. The molecule has 24 heavy (non-hydrogen) atoms. The van der Waals surface area contributed by atoms with Crippen LogP contribution in [0.4, 0.5) is 5.69 Å². The summed E-state index contributed by atoms with van der Waals surface area (Å²) in [6.45, 7) is 1.40. The third kappa shape index (κ3) is 2.68. The Morgan fingerprint density at radius 2 is 2.12 bits per heavy atom. The molecule has 0 saturated carbocycles. The highest BCUT2D eigenvalue weighted by atomic mass is 16.2. The number of anilines is 1. The number of hydrogen-bond acceptors (Lipinski definition) is 3. The molecule has 1 N–H and O–H groups in total. The van der Waals surface area contributed by atoms with Gasteiger partial charge in [0.05, 0.1) is 12.0 Å². The zero-order chi connectivity index (χ0) is 16.5. The van der Waals surface area contributed by atoms with Crippen LogP contribution >= 0.6 is 0 Å². The fraction of sp³-hybridized carbons (Fsp3) is 0.389. The topological polar surface area (TPSA) is 67.2 Å². The average molecular weight is 324 g/mol. The van der Waals surface area contributed by atoms with E-state index < -0.39 is 0 Å². The molecule has 0 spiro atoms. The molecule has 3 heterocycles. The molecule has 4 rings (SSSR count). The van der Waals surface area contributed by atoms with E-state index in [2.05, 4.69) is 10.4 Å². The summed E-state index contributed by atoms with van der Waals surface area (Å²) in [4.78, 5) is 27.0. The molecule has 1 fully saturated rings. The molecule has 1 aromatic heterocycles. The van der Waals surface area contributed by atoms with Gasteiger partial charge in [0, 0.05) is 37.6 Å². The first-order valence-electron chi connectivity index (χ1n) is 8.39. The van der Waals surface area contributed by atoms with Crippen LogP contribution in [-0.4, -0.2) is 39.6 Å². The lowest BCUT2D eigenvalue weighted by atomic mass is 9.88. The van der Waals surface area contributed by atoms with E-state index in [0.29, 0.717) is 6.54 Å². The van der Waals surface area contributed by atoms with Crippen LogP contribution < -0.4 is 5.32 Å². The van der Waals surface area contributed by atoms with Gasteiger partial charge in [0.1, 0.15) is 0 Å². The molecule has 2 aliphatic heterocycles. The zero-order valence-corrected chi connectivity index (χ0v) is 13.4. The van der Waals surface area contributed by atoms with Gasteiger partial charge in [-0.2, -0.15) is 5.10 Å². The minimum atomic E-state index is -0.383. The largest absolute Gasteiger partial charge is 0.340 e. The van der Waals surface area contributed by atoms with Crippen LogP contribution in [0, 0.1) is 0 Å². The number of carbonyl (C=O) groups is 2. The maximum atomic E-state index is 13.1. The van der Waals surface area contributed by atoms with Gasteiger partial charge in [-0.05, 0) is 30.5 Å². The number of fused-ring (bicyclic) bond motifs is 1. The van der Waals surface area contributed by atoms with Gasteiger partial charge in [0.15, 0.2) is 0 Å². The van der Waals surface area contributed by atoms with E-state index in [1.54, 1.807) is 6.20 Å². The summed E-state index contributed by atoms with van der Waals surface area (Å²) in [5.74, 6) is -0.423. The molecule has 2 amide bonds.